The normalized spacial score (nSPS) is 11.3. The van der Waals surface area contributed by atoms with Crippen molar-refractivity contribution in [3.63, 3.8) is 0 Å². The molecule has 0 atom stereocenters. The molecule has 0 unspecified atom stereocenters. The van der Waals surface area contributed by atoms with Crippen molar-refractivity contribution in [2.45, 2.75) is 26.3 Å². The first-order chi connectivity index (χ1) is 7.70. The van der Waals surface area contributed by atoms with Crippen LogP contribution in [-0.2, 0) is 0 Å². The minimum atomic E-state index is -0.506. The Balaban J connectivity index is 2.77. The van der Waals surface area contributed by atoms with Gasteiger partial charge in [-0.15, -0.1) is 11.3 Å². The summed E-state index contributed by atoms with van der Waals surface area (Å²) in [6.45, 7) is 5.51. The maximum Gasteiger partial charge on any atom is 0.283 e. The molecule has 94 valence electrons. The summed E-state index contributed by atoms with van der Waals surface area (Å²) in [7, 11) is 0. The summed E-state index contributed by atoms with van der Waals surface area (Å²) in [5, 5.41) is 13.3. The van der Waals surface area contributed by atoms with Gasteiger partial charge in [-0.25, -0.2) is 0 Å². The highest BCUT2D eigenvalue weighted by atomic mass is 32.1. The number of nitrogens with two attached hydrogens (primary N) is 1. The van der Waals surface area contributed by atoms with Gasteiger partial charge < -0.3 is 11.1 Å². The predicted octanol–water partition coefficient (Wildman–Crippen LogP) is 1.43. The summed E-state index contributed by atoms with van der Waals surface area (Å²) < 4.78 is 0. The van der Waals surface area contributed by atoms with E-state index in [4.69, 9.17) is 5.73 Å². The topological polar surface area (TPSA) is 98.3 Å². The van der Waals surface area contributed by atoms with Crippen molar-refractivity contribution in [3.8, 4) is 0 Å². The molecule has 0 fully saturated rings. The number of amides is 1. The number of carbonyl (C=O) groups is 1. The zero-order valence-corrected chi connectivity index (χ0v) is 10.8. The number of thiophene rings is 1. The Hall–Kier alpha value is -1.47. The van der Waals surface area contributed by atoms with Crippen molar-refractivity contribution in [3.05, 3.63) is 25.9 Å². The van der Waals surface area contributed by atoms with E-state index in [1.54, 1.807) is 20.8 Å². The number of nitrogens with zero attached hydrogens (tertiary/aromatic N) is 1. The van der Waals surface area contributed by atoms with Crippen LogP contribution in [0.2, 0.25) is 0 Å². The van der Waals surface area contributed by atoms with Crippen LogP contribution < -0.4 is 11.1 Å². The van der Waals surface area contributed by atoms with E-state index in [9.17, 15) is 14.9 Å². The summed E-state index contributed by atoms with van der Waals surface area (Å²) in [6, 6.07) is 1.29. The lowest BCUT2D eigenvalue weighted by atomic mass is 10.1. The fourth-order valence-electron chi connectivity index (χ4n) is 1.16. The molecule has 0 spiro atoms. The average molecular weight is 257 g/mol. The molecule has 0 saturated heterocycles. The van der Waals surface area contributed by atoms with Crippen LogP contribution in [0.3, 0.4) is 0 Å². The SMILES string of the molecule is Cc1sc(C(=O)NCC(C)(C)N)cc1[N+](=O)[O-]. The van der Waals surface area contributed by atoms with Gasteiger partial charge in [-0.1, -0.05) is 0 Å². The second-order valence-corrected chi connectivity index (χ2v) is 5.74. The molecule has 1 heterocycles. The van der Waals surface area contributed by atoms with Gasteiger partial charge in [-0.2, -0.15) is 0 Å². The Morgan fingerprint density at radius 3 is 2.65 bits per heavy atom. The summed E-state index contributed by atoms with van der Waals surface area (Å²) in [5.74, 6) is -0.329. The third-order valence-corrected chi connectivity index (χ3v) is 3.06. The molecule has 0 aliphatic rings. The lowest BCUT2D eigenvalue weighted by Crippen LogP contribution is -2.44. The van der Waals surface area contributed by atoms with E-state index in [1.807, 2.05) is 0 Å². The molecule has 0 radical (unpaired) electrons. The van der Waals surface area contributed by atoms with Crippen LogP contribution in [0, 0.1) is 17.0 Å². The first-order valence-electron chi connectivity index (χ1n) is 5.02. The molecule has 17 heavy (non-hydrogen) atoms. The van der Waals surface area contributed by atoms with Crippen LogP contribution in [0.25, 0.3) is 0 Å². The average Bonchev–Trinajstić information content (AvgIpc) is 2.55. The van der Waals surface area contributed by atoms with Gasteiger partial charge in [0.05, 0.1) is 14.7 Å². The minimum absolute atomic E-state index is 0.0211. The Labute approximate surface area is 103 Å². The van der Waals surface area contributed by atoms with Crippen LogP contribution in [-0.4, -0.2) is 22.9 Å². The summed E-state index contributed by atoms with van der Waals surface area (Å²) >= 11 is 1.11. The number of carbonyl (C=O) groups excluding carboxylic acids is 1. The lowest BCUT2D eigenvalue weighted by Gasteiger charge is -2.18. The second-order valence-electron chi connectivity index (χ2n) is 4.48. The molecule has 1 aromatic rings. The molecule has 0 bridgehead atoms. The van der Waals surface area contributed by atoms with Crippen LogP contribution in [0.1, 0.15) is 28.4 Å². The highest BCUT2D eigenvalue weighted by Crippen LogP contribution is 2.27. The van der Waals surface area contributed by atoms with Gasteiger partial charge in [0, 0.05) is 18.2 Å². The molecule has 0 saturated carbocycles. The Morgan fingerprint density at radius 2 is 2.24 bits per heavy atom. The Morgan fingerprint density at radius 1 is 1.65 bits per heavy atom. The highest BCUT2D eigenvalue weighted by Gasteiger charge is 2.20. The molecule has 1 aromatic heterocycles. The van der Waals surface area contributed by atoms with Gasteiger partial charge in [-0.3, -0.25) is 14.9 Å². The van der Waals surface area contributed by atoms with Crippen molar-refractivity contribution in [1.82, 2.24) is 5.32 Å². The minimum Gasteiger partial charge on any atom is -0.350 e. The summed E-state index contributed by atoms with van der Waals surface area (Å²) in [5.41, 5.74) is 5.20. The molecule has 7 heteroatoms. The molecule has 0 aliphatic carbocycles. The zero-order chi connectivity index (χ0) is 13.2. The van der Waals surface area contributed by atoms with Crippen molar-refractivity contribution >= 4 is 22.9 Å². The number of rotatable bonds is 4. The Kier molecular flexibility index (Phi) is 3.84. The standard InChI is InChI=1S/C10H15N3O3S/c1-6-7(13(15)16)4-8(17-6)9(14)12-5-10(2,3)11/h4H,5,11H2,1-3H3,(H,12,14). The predicted molar refractivity (Wildman–Crippen MR) is 66.3 cm³/mol. The second kappa shape index (κ2) is 4.80. The fourth-order valence-corrected chi connectivity index (χ4v) is 2.06. The van der Waals surface area contributed by atoms with Crippen molar-refractivity contribution < 1.29 is 9.72 Å². The first kappa shape index (κ1) is 13.6. The zero-order valence-electron chi connectivity index (χ0n) is 9.94. The number of aryl methyl sites for hydroxylation is 1. The van der Waals surface area contributed by atoms with Crippen molar-refractivity contribution in [1.29, 1.82) is 0 Å². The van der Waals surface area contributed by atoms with E-state index in [0.717, 1.165) is 11.3 Å². The Bertz CT molecular complexity index is 448. The van der Waals surface area contributed by atoms with Crippen LogP contribution in [0.15, 0.2) is 6.07 Å². The number of nitro groups is 1. The van der Waals surface area contributed by atoms with Crippen LogP contribution >= 0.6 is 11.3 Å². The molecular formula is C10H15N3O3S. The molecule has 1 amide bonds. The van der Waals surface area contributed by atoms with E-state index in [2.05, 4.69) is 5.32 Å². The van der Waals surface area contributed by atoms with E-state index in [0.29, 0.717) is 16.3 Å². The first-order valence-corrected chi connectivity index (χ1v) is 5.84. The third kappa shape index (κ3) is 3.79. The largest absolute Gasteiger partial charge is 0.350 e. The van der Waals surface area contributed by atoms with E-state index in [1.165, 1.54) is 6.07 Å². The summed E-state index contributed by atoms with van der Waals surface area (Å²) in [4.78, 5) is 22.7. The van der Waals surface area contributed by atoms with Gasteiger partial charge in [0.25, 0.3) is 11.6 Å². The highest BCUT2D eigenvalue weighted by molar-refractivity contribution is 7.14. The van der Waals surface area contributed by atoms with E-state index < -0.39 is 10.5 Å². The van der Waals surface area contributed by atoms with Crippen LogP contribution in [0.5, 0.6) is 0 Å². The maximum atomic E-state index is 11.7. The van der Waals surface area contributed by atoms with Gasteiger partial charge in [0.15, 0.2) is 0 Å². The van der Waals surface area contributed by atoms with Gasteiger partial charge in [0.1, 0.15) is 0 Å². The number of nitrogens with one attached hydrogen (secondary N) is 1. The van der Waals surface area contributed by atoms with Crippen molar-refractivity contribution in [2.75, 3.05) is 6.54 Å². The summed E-state index contributed by atoms with van der Waals surface area (Å²) in [6.07, 6.45) is 0. The quantitative estimate of drug-likeness (QED) is 0.629. The third-order valence-electron chi connectivity index (χ3n) is 2.02. The van der Waals surface area contributed by atoms with Gasteiger partial charge in [0.2, 0.25) is 0 Å². The lowest BCUT2D eigenvalue weighted by molar-refractivity contribution is -0.385. The number of hydrogen-bond acceptors (Lipinski definition) is 5. The van der Waals surface area contributed by atoms with Crippen molar-refractivity contribution in [2.24, 2.45) is 5.73 Å². The maximum absolute atomic E-state index is 11.7. The number of hydrogen-bond donors (Lipinski definition) is 2. The van der Waals surface area contributed by atoms with Gasteiger partial charge in [-0.05, 0) is 20.8 Å². The van der Waals surface area contributed by atoms with E-state index >= 15 is 0 Å². The molecule has 0 aliphatic heterocycles. The molecule has 0 aromatic carbocycles. The molecule has 1 rings (SSSR count). The monoisotopic (exact) mass is 257 g/mol. The molecule has 3 N–H and O–H groups in total. The van der Waals surface area contributed by atoms with Gasteiger partial charge >= 0.3 is 0 Å². The molecule has 6 nitrogen and oxygen atoms in total. The fraction of sp³-hybridized carbons (Fsp3) is 0.500. The van der Waals surface area contributed by atoms with Crippen LogP contribution in [0.4, 0.5) is 5.69 Å². The molecular weight excluding hydrogens is 242 g/mol. The van der Waals surface area contributed by atoms with E-state index in [-0.39, 0.29) is 11.6 Å². The smallest absolute Gasteiger partial charge is 0.283 e.